The van der Waals surface area contributed by atoms with Gasteiger partial charge in [-0.1, -0.05) is 62.2 Å². The summed E-state index contributed by atoms with van der Waals surface area (Å²) in [6, 6.07) is 20.5. The molecule has 0 aliphatic carbocycles. The van der Waals surface area contributed by atoms with E-state index in [4.69, 9.17) is 18.6 Å². The van der Waals surface area contributed by atoms with Crippen LogP contribution in [0.1, 0.15) is 37.3 Å². The zero-order valence-corrected chi connectivity index (χ0v) is 22.2. The van der Waals surface area contributed by atoms with Gasteiger partial charge < -0.3 is 23.9 Å². The van der Waals surface area contributed by atoms with Crippen LogP contribution in [0.3, 0.4) is 0 Å². The number of benzene rings is 3. The maximum absolute atomic E-state index is 13.1. The molecular formula is C31H31NO7. The number of rotatable bonds is 10. The van der Waals surface area contributed by atoms with Crippen molar-refractivity contribution >= 4 is 23.0 Å². The number of nitrogens with one attached hydrogen (secondary N) is 1. The molecule has 0 unspecified atom stereocenters. The molecule has 0 spiro atoms. The molecule has 0 bridgehead atoms. The Kier molecular flexibility index (Phi) is 8.99. The monoisotopic (exact) mass is 529 g/mol. The van der Waals surface area contributed by atoms with Crippen molar-refractivity contribution in [2.24, 2.45) is 0 Å². The Hall–Kier alpha value is -4.59. The molecule has 0 aliphatic heterocycles. The predicted molar refractivity (Wildman–Crippen MR) is 148 cm³/mol. The maximum Gasteiger partial charge on any atom is 0.408 e. The summed E-state index contributed by atoms with van der Waals surface area (Å²) in [6.07, 6.45) is 1.22. The highest BCUT2D eigenvalue weighted by molar-refractivity contribution is 5.96. The average Bonchev–Trinajstić information content (AvgIpc) is 2.96. The van der Waals surface area contributed by atoms with Crippen molar-refractivity contribution in [3.8, 4) is 22.6 Å². The van der Waals surface area contributed by atoms with Gasteiger partial charge in [-0.3, -0.25) is 0 Å². The summed E-state index contributed by atoms with van der Waals surface area (Å²) in [5.74, 6) is 0.311. The second-order valence-electron chi connectivity index (χ2n) is 9.09. The minimum absolute atomic E-state index is 0.0849. The van der Waals surface area contributed by atoms with Crippen molar-refractivity contribution in [3.63, 3.8) is 0 Å². The van der Waals surface area contributed by atoms with Crippen LogP contribution in [0.15, 0.2) is 82.0 Å². The Bertz CT molecular complexity index is 1490. The topological polar surface area (TPSA) is 104 Å². The van der Waals surface area contributed by atoms with Crippen LogP contribution < -0.4 is 20.4 Å². The number of hydrogen-bond acceptors (Lipinski definition) is 7. The van der Waals surface area contributed by atoms with E-state index in [0.717, 1.165) is 17.5 Å². The van der Waals surface area contributed by atoms with Crippen LogP contribution in [0.5, 0.6) is 11.5 Å². The van der Waals surface area contributed by atoms with Crippen molar-refractivity contribution in [3.05, 3.63) is 94.3 Å². The van der Waals surface area contributed by atoms with E-state index in [1.165, 1.54) is 6.07 Å². The summed E-state index contributed by atoms with van der Waals surface area (Å²) in [7, 11) is 1.59. The van der Waals surface area contributed by atoms with Crippen molar-refractivity contribution in [2.75, 3.05) is 7.11 Å². The van der Waals surface area contributed by atoms with E-state index in [-0.39, 0.29) is 12.4 Å². The molecule has 4 rings (SSSR count). The van der Waals surface area contributed by atoms with Gasteiger partial charge in [-0.25, -0.2) is 14.4 Å². The fourth-order valence-corrected chi connectivity index (χ4v) is 4.21. The summed E-state index contributed by atoms with van der Waals surface area (Å²) in [5.41, 5.74) is 2.63. The number of aryl methyl sites for hydroxylation is 1. The molecule has 0 saturated heterocycles. The van der Waals surface area contributed by atoms with Gasteiger partial charge in [-0.2, -0.15) is 0 Å². The van der Waals surface area contributed by atoms with Crippen molar-refractivity contribution in [1.82, 2.24) is 5.32 Å². The first-order valence-corrected chi connectivity index (χ1v) is 12.8. The minimum atomic E-state index is -0.902. The third kappa shape index (κ3) is 6.84. The van der Waals surface area contributed by atoms with Crippen LogP contribution in [0.25, 0.3) is 22.1 Å². The molecule has 3 aromatic carbocycles. The molecule has 1 atom stereocenters. The Morgan fingerprint density at radius 2 is 1.74 bits per heavy atom. The molecular weight excluding hydrogens is 498 g/mol. The van der Waals surface area contributed by atoms with Crippen LogP contribution >= 0.6 is 0 Å². The number of unbranched alkanes of at least 4 members (excludes halogenated alkanes) is 1. The number of carbonyl (C=O) groups is 2. The van der Waals surface area contributed by atoms with E-state index in [2.05, 4.69) is 5.32 Å². The Labute approximate surface area is 226 Å². The van der Waals surface area contributed by atoms with Gasteiger partial charge in [0.15, 0.2) is 0 Å². The Morgan fingerprint density at radius 1 is 1.00 bits per heavy atom. The van der Waals surface area contributed by atoms with E-state index in [0.29, 0.717) is 40.7 Å². The first-order chi connectivity index (χ1) is 18.9. The fraction of sp³-hybridized carbons (Fsp3) is 0.258. The fourth-order valence-electron chi connectivity index (χ4n) is 4.21. The molecule has 39 heavy (non-hydrogen) atoms. The van der Waals surface area contributed by atoms with E-state index in [9.17, 15) is 14.4 Å². The highest BCUT2D eigenvalue weighted by Crippen LogP contribution is 2.34. The van der Waals surface area contributed by atoms with Crippen LogP contribution in [-0.2, 0) is 16.1 Å². The lowest BCUT2D eigenvalue weighted by Crippen LogP contribution is -2.43. The number of carbonyl (C=O) groups excluding carboxylic acids is 2. The van der Waals surface area contributed by atoms with Gasteiger partial charge in [0.05, 0.1) is 7.11 Å². The highest BCUT2D eigenvalue weighted by atomic mass is 16.6. The van der Waals surface area contributed by atoms with Crippen LogP contribution in [-0.4, -0.2) is 25.2 Å². The van der Waals surface area contributed by atoms with Crippen LogP contribution in [0, 0.1) is 6.92 Å². The molecule has 202 valence electrons. The quantitative estimate of drug-likeness (QED) is 0.149. The van der Waals surface area contributed by atoms with E-state index < -0.39 is 23.7 Å². The molecule has 0 aliphatic rings. The number of fused-ring (bicyclic) bond motifs is 1. The summed E-state index contributed by atoms with van der Waals surface area (Å²) < 4.78 is 21.7. The van der Waals surface area contributed by atoms with Gasteiger partial charge in [0.2, 0.25) is 0 Å². The molecule has 1 heterocycles. The van der Waals surface area contributed by atoms with Crippen molar-refractivity contribution in [2.45, 2.75) is 45.8 Å². The van der Waals surface area contributed by atoms with Gasteiger partial charge in [-0.05, 0) is 54.3 Å². The molecule has 8 heteroatoms. The van der Waals surface area contributed by atoms with E-state index >= 15 is 0 Å². The molecule has 0 radical (unpaired) electrons. The maximum atomic E-state index is 13.1. The number of hydrogen-bond donors (Lipinski definition) is 1. The molecule has 8 nitrogen and oxygen atoms in total. The Morgan fingerprint density at radius 3 is 2.44 bits per heavy atom. The second-order valence-corrected chi connectivity index (χ2v) is 9.09. The third-order valence-electron chi connectivity index (χ3n) is 6.36. The highest BCUT2D eigenvalue weighted by Gasteiger charge is 2.25. The van der Waals surface area contributed by atoms with Gasteiger partial charge in [0.1, 0.15) is 29.7 Å². The van der Waals surface area contributed by atoms with E-state index in [1.807, 2.05) is 61.5 Å². The number of amides is 1. The smallest absolute Gasteiger partial charge is 0.408 e. The lowest BCUT2D eigenvalue weighted by atomic mass is 10.00. The van der Waals surface area contributed by atoms with Crippen LogP contribution in [0.2, 0.25) is 0 Å². The Balaban J connectivity index is 1.54. The summed E-state index contributed by atoms with van der Waals surface area (Å²) in [5, 5.41) is 3.32. The van der Waals surface area contributed by atoms with Crippen molar-refractivity contribution < 1.29 is 28.2 Å². The molecule has 1 aromatic heterocycles. The zero-order chi connectivity index (χ0) is 27.8. The first-order valence-electron chi connectivity index (χ1n) is 12.8. The predicted octanol–water partition coefficient (Wildman–Crippen LogP) is 6.17. The largest absolute Gasteiger partial charge is 0.497 e. The average molecular weight is 530 g/mol. The van der Waals surface area contributed by atoms with Gasteiger partial charge in [-0.15, -0.1) is 0 Å². The van der Waals surface area contributed by atoms with Crippen LogP contribution in [0.4, 0.5) is 4.79 Å². The van der Waals surface area contributed by atoms with Gasteiger partial charge in [0.25, 0.3) is 0 Å². The minimum Gasteiger partial charge on any atom is -0.497 e. The number of methoxy groups -OCH3 is 1. The number of ether oxygens (including phenoxy) is 3. The van der Waals surface area contributed by atoms with Crippen molar-refractivity contribution in [1.29, 1.82) is 0 Å². The normalized spacial score (nSPS) is 11.6. The lowest BCUT2D eigenvalue weighted by Gasteiger charge is -2.18. The molecule has 1 N–H and O–H groups in total. The zero-order valence-electron chi connectivity index (χ0n) is 22.2. The van der Waals surface area contributed by atoms with Gasteiger partial charge >= 0.3 is 17.7 Å². The first kappa shape index (κ1) is 27.4. The molecule has 4 aromatic rings. The second kappa shape index (κ2) is 12.8. The number of alkyl carbamates (subject to hydrolysis) is 1. The number of esters is 1. The summed E-state index contributed by atoms with van der Waals surface area (Å²) in [4.78, 5) is 38.0. The van der Waals surface area contributed by atoms with E-state index in [1.54, 1.807) is 26.2 Å². The third-order valence-corrected chi connectivity index (χ3v) is 6.36. The summed E-state index contributed by atoms with van der Waals surface area (Å²) in [6.45, 7) is 3.79. The molecule has 0 fully saturated rings. The van der Waals surface area contributed by atoms with Gasteiger partial charge in [0, 0.05) is 17.0 Å². The lowest BCUT2D eigenvalue weighted by molar-refractivity contribution is -0.136. The SMILES string of the molecule is CCCC[C@H](NC(=O)OCc1ccccc1)C(=O)Oc1ccc2c(-c3ccc(OC)cc3)cc(=O)oc2c1C. The molecule has 0 saturated carbocycles. The standard InChI is InChI=1S/C31H31NO7/c1-4-5-11-26(32-31(35)37-19-21-9-7-6-8-10-21)30(34)38-27-17-16-24-25(18-28(33)39-29(24)20(27)2)22-12-14-23(36-3)15-13-22/h6-10,12-18,26H,4-5,11,19H2,1-3H3,(H,32,35)/t26-/m0/s1. The molecule has 1 amide bonds. The summed E-state index contributed by atoms with van der Waals surface area (Å²) >= 11 is 0.